The number of carbonyl (C=O) groups excluding carboxylic acids is 1. The monoisotopic (exact) mass is 379 g/mol. The highest BCUT2D eigenvalue weighted by molar-refractivity contribution is 9.10. The quantitative estimate of drug-likeness (QED) is 0.756. The van der Waals surface area contributed by atoms with Crippen molar-refractivity contribution in [1.29, 1.82) is 0 Å². The van der Waals surface area contributed by atoms with Crippen LogP contribution in [0.3, 0.4) is 0 Å². The molecule has 0 aliphatic carbocycles. The molecule has 2 aromatic carbocycles. The fourth-order valence-corrected chi connectivity index (χ4v) is 2.89. The van der Waals surface area contributed by atoms with Gasteiger partial charge in [0.05, 0.1) is 12.4 Å². The van der Waals surface area contributed by atoms with Crippen LogP contribution in [0.2, 0.25) is 0 Å². The van der Waals surface area contributed by atoms with E-state index in [0.29, 0.717) is 12.4 Å². The molecule has 0 aromatic heterocycles. The summed E-state index contributed by atoms with van der Waals surface area (Å²) in [5.41, 5.74) is 2.00. The van der Waals surface area contributed by atoms with E-state index < -0.39 is 0 Å². The van der Waals surface area contributed by atoms with E-state index in [1.54, 1.807) is 11.8 Å². The van der Waals surface area contributed by atoms with Gasteiger partial charge in [0.2, 0.25) is 5.91 Å². The highest BCUT2D eigenvalue weighted by atomic mass is 79.9. The van der Waals surface area contributed by atoms with E-state index in [-0.39, 0.29) is 5.91 Å². The lowest BCUT2D eigenvalue weighted by Crippen LogP contribution is -2.14. The maximum absolute atomic E-state index is 11.9. The molecule has 0 aliphatic heterocycles. The Morgan fingerprint density at radius 1 is 1.14 bits per heavy atom. The van der Waals surface area contributed by atoms with Gasteiger partial charge in [0.25, 0.3) is 0 Å². The molecule has 0 spiro atoms. The Kier molecular flexibility index (Phi) is 6.80. The lowest BCUT2D eigenvalue weighted by atomic mass is 10.2. The third-order valence-electron chi connectivity index (χ3n) is 2.86. The Morgan fingerprint density at radius 3 is 2.45 bits per heavy atom. The van der Waals surface area contributed by atoms with Crippen molar-refractivity contribution >= 4 is 39.3 Å². The first-order valence-electron chi connectivity index (χ1n) is 7.02. The SMILES string of the molecule is CCOc1ccc(NC(=O)CSCc2ccc(Br)cc2)cc1. The van der Waals surface area contributed by atoms with Gasteiger partial charge in [-0.2, -0.15) is 0 Å². The number of amides is 1. The fraction of sp³-hybridized carbons (Fsp3) is 0.235. The van der Waals surface area contributed by atoms with Gasteiger partial charge in [-0.1, -0.05) is 28.1 Å². The predicted octanol–water partition coefficient (Wildman–Crippen LogP) is 4.72. The van der Waals surface area contributed by atoms with Crippen LogP contribution in [0, 0.1) is 0 Å². The summed E-state index contributed by atoms with van der Waals surface area (Å²) in [6.07, 6.45) is 0. The molecule has 0 bridgehead atoms. The molecule has 0 aliphatic rings. The summed E-state index contributed by atoms with van der Waals surface area (Å²) in [6.45, 7) is 2.58. The van der Waals surface area contributed by atoms with Crippen molar-refractivity contribution in [2.75, 3.05) is 17.7 Å². The minimum Gasteiger partial charge on any atom is -0.494 e. The van der Waals surface area contributed by atoms with Crippen molar-refractivity contribution in [2.24, 2.45) is 0 Å². The minimum atomic E-state index is 0.00581. The van der Waals surface area contributed by atoms with E-state index in [1.165, 1.54) is 5.56 Å². The standard InChI is InChI=1S/C17H18BrNO2S/c1-2-21-16-9-7-15(8-10-16)19-17(20)12-22-11-13-3-5-14(18)6-4-13/h3-10H,2,11-12H2,1H3,(H,19,20). The minimum absolute atomic E-state index is 0.00581. The molecule has 2 aromatic rings. The molecule has 0 saturated heterocycles. The third kappa shape index (κ3) is 5.73. The zero-order valence-electron chi connectivity index (χ0n) is 12.3. The van der Waals surface area contributed by atoms with Crippen LogP contribution in [-0.4, -0.2) is 18.3 Å². The molecule has 5 heteroatoms. The van der Waals surface area contributed by atoms with Crippen molar-refractivity contribution in [2.45, 2.75) is 12.7 Å². The second kappa shape index (κ2) is 8.86. The number of benzene rings is 2. The number of rotatable bonds is 7. The summed E-state index contributed by atoms with van der Waals surface area (Å²) in [4.78, 5) is 11.9. The Hall–Kier alpha value is -1.46. The summed E-state index contributed by atoms with van der Waals surface area (Å²) in [5, 5.41) is 2.88. The molecule has 116 valence electrons. The molecule has 22 heavy (non-hydrogen) atoms. The molecule has 3 nitrogen and oxygen atoms in total. The molecule has 0 radical (unpaired) electrons. The Labute approximate surface area is 143 Å². The average Bonchev–Trinajstić information content (AvgIpc) is 2.51. The summed E-state index contributed by atoms with van der Waals surface area (Å²) in [5.74, 6) is 2.07. The van der Waals surface area contributed by atoms with E-state index in [4.69, 9.17) is 4.74 Å². The molecule has 1 amide bonds. The second-order valence-corrected chi connectivity index (χ2v) is 6.53. The number of hydrogen-bond acceptors (Lipinski definition) is 3. The molecular formula is C17H18BrNO2S. The van der Waals surface area contributed by atoms with Crippen LogP contribution in [0.4, 0.5) is 5.69 Å². The smallest absolute Gasteiger partial charge is 0.234 e. The van der Waals surface area contributed by atoms with Crippen LogP contribution < -0.4 is 10.1 Å². The first-order valence-corrected chi connectivity index (χ1v) is 8.97. The number of halogens is 1. The summed E-state index contributed by atoms with van der Waals surface area (Å²) < 4.78 is 6.43. The van der Waals surface area contributed by atoms with Gasteiger partial charge in [0.15, 0.2) is 0 Å². The Morgan fingerprint density at radius 2 is 1.82 bits per heavy atom. The number of ether oxygens (including phenoxy) is 1. The zero-order chi connectivity index (χ0) is 15.8. The molecule has 0 fully saturated rings. The lowest BCUT2D eigenvalue weighted by Gasteiger charge is -2.07. The predicted molar refractivity (Wildman–Crippen MR) is 96.5 cm³/mol. The van der Waals surface area contributed by atoms with Gasteiger partial charge in [0.1, 0.15) is 5.75 Å². The van der Waals surface area contributed by atoms with Crippen molar-refractivity contribution in [3.63, 3.8) is 0 Å². The molecule has 0 heterocycles. The molecule has 0 atom stereocenters. The third-order valence-corrected chi connectivity index (χ3v) is 4.40. The summed E-state index contributed by atoms with van der Waals surface area (Å²) in [7, 11) is 0. The molecular weight excluding hydrogens is 362 g/mol. The maximum Gasteiger partial charge on any atom is 0.234 e. The Balaban J connectivity index is 1.74. The largest absolute Gasteiger partial charge is 0.494 e. The van der Waals surface area contributed by atoms with E-state index >= 15 is 0 Å². The first kappa shape index (κ1) is 16.9. The van der Waals surface area contributed by atoms with Crippen molar-refractivity contribution < 1.29 is 9.53 Å². The van der Waals surface area contributed by atoms with Gasteiger partial charge in [-0.3, -0.25) is 4.79 Å². The van der Waals surface area contributed by atoms with Gasteiger partial charge in [-0.05, 0) is 48.9 Å². The topological polar surface area (TPSA) is 38.3 Å². The van der Waals surface area contributed by atoms with Crippen molar-refractivity contribution in [1.82, 2.24) is 0 Å². The highest BCUT2D eigenvalue weighted by Crippen LogP contribution is 2.18. The van der Waals surface area contributed by atoms with Crippen LogP contribution >= 0.6 is 27.7 Å². The zero-order valence-corrected chi connectivity index (χ0v) is 14.7. The van der Waals surface area contributed by atoms with E-state index in [1.807, 2.05) is 43.3 Å². The van der Waals surface area contributed by atoms with Crippen LogP contribution in [0.5, 0.6) is 5.75 Å². The molecule has 0 unspecified atom stereocenters. The van der Waals surface area contributed by atoms with Crippen molar-refractivity contribution in [3.8, 4) is 5.75 Å². The molecule has 2 rings (SSSR count). The Bertz CT molecular complexity index is 599. The fourth-order valence-electron chi connectivity index (χ4n) is 1.84. The maximum atomic E-state index is 11.9. The summed E-state index contributed by atoms with van der Waals surface area (Å²) >= 11 is 5.01. The van der Waals surface area contributed by atoms with Crippen molar-refractivity contribution in [3.05, 3.63) is 58.6 Å². The summed E-state index contributed by atoms with van der Waals surface area (Å²) in [6, 6.07) is 15.5. The van der Waals surface area contributed by atoms with Gasteiger partial charge in [-0.15, -0.1) is 11.8 Å². The van der Waals surface area contributed by atoms with Gasteiger partial charge < -0.3 is 10.1 Å². The second-order valence-electron chi connectivity index (χ2n) is 4.62. The average molecular weight is 380 g/mol. The van der Waals surface area contributed by atoms with E-state index in [0.717, 1.165) is 21.7 Å². The van der Waals surface area contributed by atoms with Gasteiger partial charge in [-0.25, -0.2) is 0 Å². The van der Waals surface area contributed by atoms with Gasteiger partial charge in [0, 0.05) is 15.9 Å². The lowest BCUT2D eigenvalue weighted by molar-refractivity contribution is -0.113. The molecule has 1 N–H and O–H groups in total. The van der Waals surface area contributed by atoms with Crippen LogP contribution in [0.1, 0.15) is 12.5 Å². The van der Waals surface area contributed by atoms with Crippen LogP contribution in [0.15, 0.2) is 53.0 Å². The number of nitrogens with one attached hydrogen (secondary N) is 1. The molecule has 0 saturated carbocycles. The number of thioether (sulfide) groups is 1. The van der Waals surface area contributed by atoms with Crippen LogP contribution in [0.25, 0.3) is 0 Å². The first-order chi connectivity index (χ1) is 10.7. The van der Waals surface area contributed by atoms with Gasteiger partial charge >= 0.3 is 0 Å². The van der Waals surface area contributed by atoms with Crippen LogP contribution in [-0.2, 0) is 10.5 Å². The highest BCUT2D eigenvalue weighted by Gasteiger charge is 2.03. The van der Waals surface area contributed by atoms with E-state index in [9.17, 15) is 4.79 Å². The normalized spacial score (nSPS) is 10.3. The number of anilines is 1. The number of carbonyl (C=O) groups is 1. The van der Waals surface area contributed by atoms with E-state index in [2.05, 4.69) is 33.4 Å². The number of hydrogen-bond donors (Lipinski definition) is 1.